The Hall–Kier alpha value is -1.83. The molecule has 0 aromatic carbocycles. The van der Waals surface area contributed by atoms with Gasteiger partial charge in [0.1, 0.15) is 0 Å². The molecule has 0 rings (SSSR count). The number of rotatable bonds is 6. The van der Waals surface area contributed by atoms with Gasteiger partial charge in [-0.15, -0.1) is 0 Å². The van der Waals surface area contributed by atoms with Crippen molar-refractivity contribution < 1.29 is 4.79 Å². The first-order chi connectivity index (χ1) is 7.66. The number of nitrogens with zero attached hydrogens (tertiary/aromatic N) is 1. The van der Waals surface area contributed by atoms with Gasteiger partial charge < -0.3 is 4.90 Å². The highest BCUT2D eigenvalue weighted by Gasteiger charge is 1.83. The molecule has 2 nitrogen and oxygen atoms in total. The number of hydrogen-bond acceptors (Lipinski definition) is 2. The Labute approximate surface area is 98.0 Å². The lowest BCUT2D eigenvalue weighted by Gasteiger charge is -2.00. The topological polar surface area (TPSA) is 20.3 Å². The van der Waals surface area contributed by atoms with E-state index in [9.17, 15) is 4.79 Å². The van der Waals surface area contributed by atoms with Crippen LogP contribution in [0.2, 0.25) is 0 Å². The monoisotopic (exact) mass is 217 g/mol. The first-order valence-electron chi connectivity index (χ1n) is 5.18. The second-order valence-electron chi connectivity index (χ2n) is 3.34. The number of ketones is 1. The molecule has 0 aromatic rings. The van der Waals surface area contributed by atoms with E-state index in [4.69, 9.17) is 0 Å². The maximum Gasteiger partial charge on any atom is 0.178 e. The Morgan fingerprint density at radius 1 is 0.875 bits per heavy atom. The molecule has 0 heterocycles. The Morgan fingerprint density at radius 3 is 2.00 bits per heavy atom. The second-order valence-corrected chi connectivity index (χ2v) is 3.34. The highest BCUT2D eigenvalue weighted by atomic mass is 16.1. The highest BCUT2D eigenvalue weighted by Crippen LogP contribution is 1.86. The molecule has 0 aliphatic carbocycles. The summed E-state index contributed by atoms with van der Waals surface area (Å²) in [6.45, 7) is 1.94. The van der Waals surface area contributed by atoms with Gasteiger partial charge in [-0.2, -0.15) is 0 Å². The molecule has 0 radical (unpaired) electrons. The van der Waals surface area contributed by atoms with E-state index in [0.717, 1.165) is 0 Å². The molecule has 0 aliphatic heterocycles. The van der Waals surface area contributed by atoms with Crippen molar-refractivity contribution in [1.82, 2.24) is 4.90 Å². The Morgan fingerprint density at radius 2 is 1.44 bits per heavy atom. The van der Waals surface area contributed by atoms with E-state index in [1.807, 2.05) is 62.5 Å². The zero-order valence-corrected chi connectivity index (χ0v) is 10.1. The molecular formula is C14H19NO. The van der Waals surface area contributed by atoms with Gasteiger partial charge in [-0.25, -0.2) is 0 Å². The summed E-state index contributed by atoms with van der Waals surface area (Å²) < 4.78 is 0. The van der Waals surface area contributed by atoms with Crippen LogP contribution in [-0.4, -0.2) is 24.8 Å². The van der Waals surface area contributed by atoms with Crippen molar-refractivity contribution >= 4 is 5.78 Å². The van der Waals surface area contributed by atoms with Gasteiger partial charge in [0.05, 0.1) is 0 Å². The average Bonchev–Trinajstić information content (AvgIpc) is 2.24. The number of allylic oxidation sites excluding steroid dienone is 9. The van der Waals surface area contributed by atoms with Crippen LogP contribution in [0.4, 0.5) is 0 Å². The van der Waals surface area contributed by atoms with Gasteiger partial charge in [0.25, 0.3) is 0 Å². The summed E-state index contributed by atoms with van der Waals surface area (Å²) in [7, 11) is 3.86. The minimum atomic E-state index is -0.0199. The van der Waals surface area contributed by atoms with E-state index < -0.39 is 0 Å². The molecule has 0 N–H and O–H groups in total. The van der Waals surface area contributed by atoms with Crippen LogP contribution in [-0.2, 0) is 4.79 Å². The number of hydrogen-bond donors (Lipinski definition) is 0. The predicted octanol–water partition coefficient (Wildman–Crippen LogP) is 2.88. The van der Waals surface area contributed by atoms with Gasteiger partial charge in [0.2, 0.25) is 0 Å². The van der Waals surface area contributed by atoms with Crippen molar-refractivity contribution in [3.8, 4) is 0 Å². The van der Waals surface area contributed by atoms with Gasteiger partial charge in [-0.05, 0) is 31.4 Å². The molecular weight excluding hydrogens is 198 g/mol. The Kier molecular flexibility index (Phi) is 8.60. The molecule has 0 unspecified atom stereocenters. The van der Waals surface area contributed by atoms with Gasteiger partial charge in [-0.1, -0.05) is 36.5 Å². The predicted molar refractivity (Wildman–Crippen MR) is 70.1 cm³/mol. The average molecular weight is 217 g/mol. The summed E-state index contributed by atoms with van der Waals surface area (Å²) in [5, 5.41) is 0. The fraction of sp³-hybridized carbons (Fsp3) is 0.214. The minimum absolute atomic E-state index is 0.0199. The van der Waals surface area contributed by atoms with Crippen molar-refractivity contribution in [2.24, 2.45) is 0 Å². The molecule has 0 fully saturated rings. The van der Waals surface area contributed by atoms with Crippen molar-refractivity contribution in [3.63, 3.8) is 0 Å². The summed E-state index contributed by atoms with van der Waals surface area (Å²) in [6.07, 6.45) is 17.7. The van der Waals surface area contributed by atoms with Crippen LogP contribution >= 0.6 is 0 Å². The van der Waals surface area contributed by atoms with Crippen molar-refractivity contribution in [2.75, 3.05) is 14.1 Å². The lowest BCUT2D eigenvalue weighted by Crippen LogP contribution is -1.99. The molecule has 0 aliphatic rings. The van der Waals surface area contributed by atoms with Crippen LogP contribution in [0.5, 0.6) is 0 Å². The number of carbonyl (C=O) groups is 1. The highest BCUT2D eigenvalue weighted by molar-refractivity contribution is 5.99. The van der Waals surface area contributed by atoms with Gasteiger partial charge in [0, 0.05) is 14.1 Å². The molecule has 0 bridgehead atoms. The van der Waals surface area contributed by atoms with E-state index in [1.165, 1.54) is 12.2 Å². The van der Waals surface area contributed by atoms with Crippen molar-refractivity contribution in [2.45, 2.75) is 6.92 Å². The minimum Gasteiger partial charge on any atom is -0.383 e. The standard InChI is InChI=1S/C14H19NO/c1-4-5-6-7-8-11-14(16)12-9-10-13-15(2)3/h4-13H,1-3H3/b5-4+,7-6+,11-8+,12-9+,13-10+. The third-order valence-electron chi connectivity index (χ3n) is 1.54. The van der Waals surface area contributed by atoms with E-state index in [2.05, 4.69) is 0 Å². The molecule has 2 heteroatoms. The Bertz CT molecular complexity index is 331. The van der Waals surface area contributed by atoms with Crippen LogP contribution in [0.15, 0.2) is 60.9 Å². The summed E-state index contributed by atoms with van der Waals surface area (Å²) >= 11 is 0. The van der Waals surface area contributed by atoms with Crippen molar-refractivity contribution in [3.05, 3.63) is 60.9 Å². The van der Waals surface area contributed by atoms with E-state index in [1.54, 1.807) is 12.2 Å². The lowest BCUT2D eigenvalue weighted by atomic mass is 10.3. The quantitative estimate of drug-likeness (QED) is 0.503. The normalized spacial score (nSPS) is 12.9. The molecule has 0 amide bonds. The first-order valence-corrected chi connectivity index (χ1v) is 5.18. The Balaban J connectivity index is 3.99. The van der Waals surface area contributed by atoms with E-state index in [-0.39, 0.29) is 5.78 Å². The molecule has 0 spiro atoms. The van der Waals surface area contributed by atoms with Crippen LogP contribution in [0.3, 0.4) is 0 Å². The van der Waals surface area contributed by atoms with Crippen LogP contribution in [0, 0.1) is 0 Å². The molecule has 0 saturated heterocycles. The fourth-order valence-corrected chi connectivity index (χ4v) is 0.818. The summed E-state index contributed by atoms with van der Waals surface area (Å²) in [5.74, 6) is -0.0199. The summed E-state index contributed by atoms with van der Waals surface area (Å²) in [5.41, 5.74) is 0. The van der Waals surface area contributed by atoms with Crippen LogP contribution < -0.4 is 0 Å². The third kappa shape index (κ3) is 10.3. The van der Waals surface area contributed by atoms with Gasteiger partial charge in [-0.3, -0.25) is 4.79 Å². The molecule has 0 aromatic heterocycles. The zero-order valence-electron chi connectivity index (χ0n) is 10.1. The van der Waals surface area contributed by atoms with Crippen LogP contribution in [0.25, 0.3) is 0 Å². The second kappa shape index (κ2) is 9.71. The summed E-state index contributed by atoms with van der Waals surface area (Å²) in [4.78, 5) is 13.2. The van der Waals surface area contributed by atoms with Gasteiger partial charge in [0.15, 0.2) is 5.78 Å². The summed E-state index contributed by atoms with van der Waals surface area (Å²) in [6, 6.07) is 0. The zero-order chi connectivity index (χ0) is 12.2. The smallest absolute Gasteiger partial charge is 0.178 e. The SMILES string of the molecule is C/C=C/C=C/C=C/C(=O)/C=C/C=C/N(C)C. The van der Waals surface area contributed by atoms with Crippen LogP contribution in [0.1, 0.15) is 6.92 Å². The van der Waals surface area contributed by atoms with E-state index >= 15 is 0 Å². The largest absolute Gasteiger partial charge is 0.383 e. The molecule has 0 atom stereocenters. The molecule has 0 saturated carbocycles. The lowest BCUT2D eigenvalue weighted by molar-refractivity contribution is -0.110. The van der Waals surface area contributed by atoms with Crippen molar-refractivity contribution in [1.29, 1.82) is 0 Å². The maximum atomic E-state index is 11.2. The van der Waals surface area contributed by atoms with E-state index in [0.29, 0.717) is 0 Å². The molecule has 86 valence electrons. The third-order valence-corrected chi connectivity index (χ3v) is 1.54. The maximum absolute atomic E-state index is 11.2. The number of carbonyl (C=O) groups excluding carboxylic acids is 1. The first kappa shape index (κ1) is 14.2. The fourth-order valence-electron chi connectivity index (χ4n) is 0.818. The van der Waals surface area contributed by atoms with Gasteiger partial charge >= 0.3 is 0 Å². The molecule has 16 heavy (non-hydrogen) atoms.